The van der Waals surface area contributed by atoms with Crippen LogP contribution in [0.25, 0.3) is 27.9 Å². The second-order valence-electron chi connectivity index (χ2n) is 9.28. The molecule has 2 amide bonds. The smallest absolute Gasteiger partial charge is 0.257 e. The van der Waals surface area contributed by atoms with Crippen molar-refractivity contribution >= 4 is 34.3 Å². The first-order chi connectivity index (χ1) is 17.6. The fourth-order valence-electron chi connectivity index (χ4n) is 4.86. The highest BCUT2D eigenvalue weighted by molar-refractivity contribution is 6.01. The van der Waals surface area contributed by atoms with E-state index in [1.165, 1.54) is 0 Å². The molecule has 4 aromatic rings. The zero-order chi connectivity index (χ0) is 24.8. The van der Waals surface area contributed by atoms with Crippen molar-refractivity contribution in [3.8, 4) is 11.3 Å². The Labute approximate surface area is 207 Å². The lowest BCUT2D eigenvalue weighted by molar-refractivity contribution is -0.135. The molecule has 1 saturated heterocycles. The van der Waals surface area contributed by atoms with Crippen molar-refractivity contribution in [1.29, 1.82) is 0 Å². The fourth-order valence-corrected chi connectivity index (χ4v) is 4.86. The highest BCUT2D eigenvalue weighted by Crippen LogP contribution is 2.31. The van der Waals surface area contributed by atoms with E-state index in [2.05, 4.69) is 20.7 Å². The number of carbonyl (C=O) groups excluding carboxylic acids is 2. The molecule has 2 fully saturated rings. The van der Waals surface area contributed by atoms with E-state index in [0.717, 1.165) is 48.9 Å². The molecule has 1 aliphatic heterocycles. The number of aromatic nitrogens is 5. The number of pyridine rings is 1. The van der Waals surface area contributed by atoms with Crippen LogP contribution >= 0.6 is 0 Å². The molecule has 0 bridgehead atoms. The van der Waals surface area contributed by atoms with E-state index in [0.29, 0.717) is 22.7 Å². The standard InChI is InChI=1S/C25H28N8O3/c1-26-21-11-19(29-24-16(12-28-33(21)24)25(35)30-18-6-7-20(18)36-2)17-13-32(14-22(34)31-9-4-10-31)23-15(17)5-3-8-27-23/h3,5,8,11-13,18,20,26H,4,6-7,9-10,14H2,1-2H3,(H,30,35)/t18?,20-/m0/s1. The minimum Gasteiger partial charge on any atom is -0.379 e. The zero-order valence-corrected chi connectivity index (χ0v) is 20.3. The maximum atomic E-state index is 13.1. The number of amides is 2. The van der Waals surface area contributed by atoms with Crippen molar-refractivity contribution in [2.24, 2.45) is 0 Å². The minimum atomic E-state index is -0.229. The second-order valence-corrected chi connectivity index (χ2v) is 9.28. The molecule has 2 aliphatic rings. The number of methoxy groups -OCH3 is 1. The molecule has 1 saturated carbocycles. The maximum Gasteiger partial charge on any atom is 0.257 e. The van der Waals surface area contributed by atoms with Crippen LogP contribution in [0.15, 0.2) is 36.8 Å². The third-order valence-electron chi connectivity index (χ3n) is 7.23. The third-order valence-corrected chi connectivity index (χ3v) is 7.23. The van der Waals surface area contributed by atoms with Crippen LogP contribution in [0.5, 0.6) is 0 Å². The lowest BCUT2D eigenvalue weighted by Gasteiger charge is -2.35. The number of anilines is 1. The number of nitrogens with zero attached hydrogens (tertiary/aromatic N) is 6. The van der Waals surface area contributed by atoms with Crippen LogP contribution in [0, 0.1) is 0 Å². The van der Waals surface area contributed by atoms with Gasteiger partial charge in [-0.15, -0.1) is 0 Å². The van der Waals surface area contributed by atoms with Gasteiger partial charge in [-0.2, -0.15) is 9.61 Å². The average Bonchev–Trinajstić information content (AvgIpc) is 3.42. The Bertz CT molecular complexity index is 1470. The summed E-state index contributed by atoms with van der Waals surface area (Å²) in [4.78, 5) is 37.1. The molecule has 36 heavy (non-hydrogen) atoms. The minimum absolute atomic E-state index is 0.0163. The van der Waals surface area contributed by atoms with E-state index in [4.69, 9.17) is 9.72 Å². The van der Waals surface area contributed by atoms with E-state index in [1.54, 1.807) is 31.1 Å². The van der Waals surface area contributed by atoms with Gasteiger partial charge in [-0.05, 0) is 31.4 Å². The number of carbonyl (C=O) groups is 2. The molecule has 0 aromatic carbocycles. The van der Waals surface area contributed by atoms with Gasteiger partial charge in [0.1, 0.15) is 23.6 Å². The van der Waals surface area contributed by atoms with Gasteiger partial charge in [-0.1, -0.05) is 0 Å². The predicted octanol–water partition coefficient (Wildman–Crippen LogP) is 1.93. The normalized spacial score (nSPS) is 19.2. The van der Waals surface area contributed by atoms with Crippen molar-refractivity contribution in [3.63, 3.8) is 0 Å². The van der Waals surface area contributed by atoms with Crippen LogP contribution in [0.1, 0.15) is 29.6 Å². The monoisotopic (exact) mass is 488 g/mol. The number of nitrogens with one attached hydrogen (secondary N) is 2. The number of rotatable bonds is 7. The van der Waals surface area contributed by atoms with E-state index < -0.39 is 0 Å². The molecule has 0 spiro atoms. The van der Waals surface area contributed by atoms with Gasteiger partial charge in [0.2, 0.25) is 5.91 Å². The molecule has 1 aliphatic carbocycles. The summed E-state index contributed by atoms with van der Waals surface area (Å²) in [6, 6.07) is 5.71. The summed E-state index contributed by atoms with van der Waals surface area (Å²) in [5, 5.41) is 11.5. The van der Waals surface area contributed by atoms with E-state index in [9.17, 15) is 9.59 Å². The Morgan fingerprint density at radius 2 is 2.08 bits per heavy atom. The van der Waals surface area contributed by atoms with Gasteiger partial charge in [0.05, 0.1) is 24.0 Å². The largest absolute Gasteiger partial charge is 0.379 e. The van der Waals surface area contributed by atoms with Crippen LogP contribution in [0.2, 0.25) is 0 Å². The number of hydrogen-bond donors (Lipinski definition) is 2. The average molecular weight is 489 g/mol. The summed E-state index contributed by atoms with van der Waals surface area (Å²) >= 11 is 0. The first-order valence-electron chi connectivity index (χ1n) is 12.2. The second kappa shape index (κ2) is 8.90. The van der Waals surface area contributed by atoms with Gasteiger partial charge in [0.25, 0.3) is 5.91 Å². The summed E-state index contributed by atoms with van der Waals surface area (Å²) in [7, 11) is 3.46. The van der Waals surface area contributed by atoms with E-state index >= 15 is 0 Å². The number of likely N-dealkylation sites (tertiary alicyclic amines) is 1. The molecule has 11 heteroatoms. The highest BCUT2D eigenvalue weighted by Gasteiger charge is 2.33. The summed E-state index contributed by atoms with van der Waals surface area (Å²) in [5.41, 5.74) is 3.05. The molecule has 1 unspecified atom stereocenters. The summed E-state index contributed by atoms with van der Waals surface area (Å²) in [6.45, 7) is 1.83. The van der Waals surface area contributed by atoms with Crippen LogP contribution in [-0.2, 0) is 16.1 Å². The molecule has 11 nitrogen and oxygen atoms in total. The van der Waals surface area contributed by atoms with Gasteiger partial charge in [0, 0.05) is 56.7 Å². The Hall–Kier alpha value is -3.99. The SMILES string of the molecule is CNc1cc(-c2cn(CC(=O)N3CCC3)c3ncccc23)nc2c(C(=O)NC3CC[C@@H]3OC)cnn12. The molecular weight excluding hydrogens is 460 g/mol. The first kappa shape index (κ1) is 22.5. The summed E-state index contributed by atoms with van der Waals surface area (Å²) in [6.07, 6.45) is 8.07. The molecule has 6 rings (SSSR count). The fraction of sp³-hybridized carbons (Fsp3) is 0.400. The van der Waals surface area contributed by atoms with Crippen LogP contribution in [0.3, 0.4) is 0 Å². The highest BCUT2D eigenvalue weighted by atomic mass is 16.5. The number of hydrogen-bond acceptors (Lipinski definition) is 7. The van der Waals surface area contributed by atoms with Gasteiger partial charge >= 0.3 is 0 Å². The molecule has 186 valence electrons. The van der Waals surface area contributed by atoms with Crippen LogP contribution in [0.4, 0.5) is 5.82 Å². The maximum absolute atomic E-state index is 13.1. The van der Waals surface area contributed by atoms with Crippen molar-refractivity contribution in [1.82, 2.24) is 34.4 Å². The summed E-state index contributed by atoms with van der Waals surface area (Å²) < 4.78 is 8.92. The molecule has 2 atom stereocenters. The Morgan fingerprint density at radius 3 is 2.78 bits per heavy atom. The Morgan fingerprint density at radius 1 is 1.22 bits per heavy atom. The quantitative estimate of drug-likeness (QED) is 0.408. The molecule has 5 heterocycles. The van der Waals surface area contributed by atoms with Crippen molar-refractivity contribution in [3.05, 3.63) is 42.4 Å². The summed E-state index contributed by atoms with van der Waals surface area (Å²) in [5.74, 6) is 0.538. The first-order valence-corrected chi connectivity index (χ1v) is 12.2. The zero-order valence-electron chi connectivity index (χ0n) is 20.3. The van der Waals surface area contributed by atoms with Crippen LogP contribution < -0.4 is 10.6 Å². The topological polar surface area (TPSA) is 119 Å². The van der Waals surface area contributed by atoms with E-state index in [-0.39, 0.29) is 30.5 Å². The Balaban J connectivity index is 1.40. The third kappa shape index (κ3) is 3.67. The van der Waals surface area contributed by atoms with Crippen molar-refractivity contribution < 1.29 is 14.3 Å². The molecule has 4 aromatic heterocycles. The van der Waals surface area contributed by atoms with Crippen LogP contribution in [-0.4, -0.2) is 80.3 Å². The predicted molar refractivity (Wildman–Crippen MR) is 134 cm³/mol. The molecular formula is C25H28N8O3. The number of fused-ring (bicyclic) bond motifs is 2. The van der Waals surface area contributed by atoms with Crippen molar-refractivity contribution in [2.45, 2.75) is 38.0 Å². The van der Waals surface area contributed by atoms with E-state index in [1.807, 2.05) is 33.9 Å². The van der Waals surface area contributed by atoms with Gasteiger partial charge in [-0.3, -0.25) is 9.59 Å². The lowest BCUT2D eigenvalue weighted by atomic mass is 9.89. The molecule has 2 N–H and O–H groups in total. The van der Waals surface area contributed by atoms with Gasteiger partial charge in [0.15, 0.2) is 5.65 Å². The van der Waals surface area contributed by atoms with Gasteiger partial charge < -0.3 is 24.8 Å². The Kier molecular flexibility index (Phi) is 5.56. The molecule has 0 radical (unpaired) electrons. The lowest BCUT2D eigenvalue weighted by Crippen LogP contribution is -2.51. The van der Waals surface area contributed by atoms with Crippen molar-refractivity contribution in [2.75, 3.05) is 32.6 Å². The van der Waals surface area contributed by atoms with Gasteiger partial charge in [-0.25, -0.2) is 9.97 Å². The number of ether oxygens (including phenoxy) is 1.